The van der Waals surface area contributed by atoms with E-state index < -0.39 is 23.8 Å². The highest BCUT2D eigenvalue weighted by molar-refractivity contribution is 5.74. The third-order valence-electron chi connectivity index (χ3n) is 2.53. The van der Waals surface area contributed by atoms with Crippen LogP contribution in [-0.4, -0.2) is 30.4 Å². The molecule has 17 heavy (non-hydrogen) atoms. The first-order chi connectivity index (χ1) is 7.70. The van der Waals surface area contributed by atoms with E-state index in [0.29, 0.717) is 0 Å². The van der Waals surface area contributed by atoms with Crippen molar-refractivity contribution in [3.05, 3.63) is 0 Å². The minimum absolute atomic E-state index is 0.0183. The summed E-state index contributed by atoms with van der Waals surface area (Å²) in [6, 6.07) is 0. The van der Waals surface area contributed by atoms with Gasteiger partial charge < -0.3 is 14.2 Å². The van der Waals surface area contributed by atoms with Gasteiger partial charge in [-0.2, -0.15) is 0 Å². The largest absolute Gasteiger partial charge is 0.508 e. The zero-order chi connectivity index (χ0) is 13.2. The molecule has 0 N–H and O–H groups in total. The van der Waals surface area contributed by atoms with Gasteiger partial charge in [-0.1, -0.05) is 6.92 Å². The molecule has 0 spiro atoms. The Bertz CT molecular complexity index is 305. The molecule has 98 valence electrons. The predicted octanol–water partition coefficient (Wildman–Crippen LogP) is 2.14. The number of carbonyl (C=O) groups is 2. The van der Waals surface area contributed by atoms with Crippen LogP contribution in [0.1, 0.15) is 34.6 Å². The lowest BCUT2D eigenvalue weighted by atomic mass is 9.93. The molecule has 0 bridgehead atoms. The maximum atomic E-state index is 11.9. The summed E-state index contributed by atoms with van der Waals surface area (Å²) in [6.45, 7) is 9.26. The molecule has 1 saturated heterocycles. The van der Waals surface area contributed by atoms with Crippen LogP contribution < -0.4 is 0 Å². The smallest absolute Gasteiger partial charge is 0.460 e. The van der Waals surface area contributed by atoms with E-state index in [2.05, 4.69) is 0 Å². The normalized spacial score (nSPS) is 26.8. The molecule has 1 fully saturated rings. The standard InChI is InChI=1S/C12H20O5/c1-7-6-15-11(14)16-9(7)8(2)10(13)17-12(3,4)5/h7-9H,6H2,1-5H3/t7-,8+,9-/m1/s1. The summed E-state index contributed by atoms with van der Waals surface area (Å²) in [5, 5.41) is 0. The Hall–Kier alpha value is -1.26. The maximum Gasteiger partial charge on any atom is 0.508 e. The predicted molar refractivity (Wildman–Crippen MR) is 60.4 cm³/mol. The van der Waals surface area contributed by atoms with Crippen molar-refractivity contribution in [3.63, 3.8) is 0 Å². The van der Waals surface area contributed by atoms with Crippen molar-refractivity contribution in [2.24, 2.45) is 11.8 Å². The van der Waals surface area contributed by atoms with E-state index in [1.807, 2.05) is 6.92 Å². The fourth-order valence-corrected chi connectivity index (χ4v) is 1.68. The number of cyclic esters (lactones) is 2. The van der Waals surface area contributed by atoms with Gasteiger partial charge in [0.2, 0.25) is 0 Å². The number of hydrogen-bond acceptors (Lipinski definition) is 5. The molecule has 1 aliphatic rings. The van der Waals surface area contributed by atoms with E-state index in [9.17, 15) is 9.59 Å². The maximum absolute atomic E-state index is 11.9. The molecule has 0 amide bonds. The molecule has 3 atom stereocenters. The van der Waals surface area contributed by atoms with Crippen molar-refractivity contribution >= 4 is 12.1 Å². The molecule has 5 nitrogen and oxygen atoms in total. The van der Waals surface area contributed by atoms with Gasteiger partial charge in [-0.15, -0.1) is 0 Å². The van der Waals surface area contributed by atoms with E-state index >= 15 is 0 Å². The highest BCUT2D eigenvalue weighted by atomic mass is 16.7. The van der Waals surface area contributed by atoms with Crippen LogP contribution in [-0.2, 0) is 19.0 Å². The quantitative estimate of drug-likeness (QED) is 0.696. The van der Waals surface area contributed by atoms with Crippen LogP contribution in [0.4, 0.5) is 4.79 Å². The van der Waals surface area contributed by atoms with Crippen molar-refractivity contribution in [2.75, 3.05) is 6.61 Å². The van der Waals surface area contributed by atoms with Crippen molar-refractivity contribution in [1.29, 1.82) is 0 Å². The highest BCUT2D eigenvalue weighted by Crippen LogP contribution is 2.24. The van der Waals surface area contributed by atoms with Crippen molar-refractivity contribution < 1.29 is 23.8 Å². The average Bonchev–Trinajstić information content (AvgIpc) is 2.18. The second kappa shape index (κ2) is 4.94. The molecule has 0 radical (unpaired) electrons. The Morgan fingerprint density at radius 1 is 1.47 bits per heavy atom. The summed E-state index contributed by atoms with van der Waals surface area (Å²) in [5.41, 5.74) is -0.538. The number of carbonyl (C=O) groups excluding carboxylic acids is 2. The molecule has 1 aliphatic heterocycles. The minimum atomic E-state index is -0.719. The molecule has 1 rings (SSSR count). The first-order valence-electron chi connectivity index (χ1n) is 5.77. The first-order valence-corrected chi connectivity index (χ1v) is 5.77. The fraction of sp³-hybridized carbons (Fsp3) is 0.833. The minimum Gasteiger partial charge on any atom is -0.460 e. The van der Waals surface area contributed by atoms with Gasteiger partial charge in [-0.25, -0.2) is 4.79 Å². The van der Waals surface area contributed by atoms with Crippen LogP contribution in [0, 0.1) is 11.8 Å². The molecular weight excluding hydrogens is 224 g/mol. The fourth-order valence-electron chi connectivity index (χ4n) is 1.68. The Labute approximate surface area is 101 Å². The molecule has 0 aromatic heterocycles. The summed E-state index contributed by atoms with van der Waals surface area (Å²) < 4.78 is 15.0. The van der Waals surface area contributed by atoms with E-state index in [4.69, 9.17) is 14.2 Å². The summed E-state index contributed by atoms with van der Waals surface area (Å²) in [4.78, 5) is 22.9. The van der Waals surface area contributed by atoms with Crippen LogP contribution >= 0.6 is 0 Å². The number of esters is 1. The van der Waals surface area contributed by atoms with Crippen LogP contribution in [0.5, 0.6) is 0 Å². The lowest BCUT2D eigenvalue weighted by Gasteiger charge is -2.32. The lowest BCUT2D eigenvalue weighted by molar-refractivity contribution is -0.167. The third kappa shape index (κ3) is 3.91. The van der Waals surface area contributed by atoms with Crippen LogP contribution in [0.15, 0.2) is 0 Å². The van der Waals surface area contributed by atoms with E-state index in [1.165, 1.54) is 0 Å². The van der Waals surface area contributed by atoms with Gasteiger partial charge in [0, 0.05) is 5.92 Å². The Balaban J connectivity index is 2.64. The van der Waals surface area contributed by atoms with E-state index in [1.54, 1.807) is 27.7 Å². The van der Waals surface area contributed by atoms with Crippen LogP contribution in [0.2, 0.25) is 0 Å². The monoisotopic (exact) mass is 244 g/mol. The topological polar surface area (TPSA) is 61.8 Å². The van der Waals surface area contributed by atoms with Crippen LogP contribution in [0.25, 0.3) is 0 Å². The van der Waals surface area contributed by atoms with Gasteiger partial charge in [-0.05, 0) is 27.7 Å². The zero-order valence-corrected chi connectivity index (χ0v) is 11.0. The Morgan fingerprint density at radius 2 is 2.06 bits per heavy atom. The SMILES string of the molecule is C[C@@H]1COC(=O)O[C@H]1[C@H](C)C(=O)OC(C)(C)C. The molecule has 0 unspecified atom stereocenters. The van der Waals surface area contributed by atoms with Gasteiger partial charge in [0.25, 0.3) is 0 Å². The summed E-state index contributed by atoms with van der Waals surface area (Å²) in [5.74, 6) is -0.864. The van der Waals surface area contributed by atoms with Gasteiger partial charge in [0.15, 0.2) is 0 Å². The molecule has 5 heteroatoms. The molecule has 0 aliphatic carbocycles. The van der Waals surface area contributed by atoms with Crippen molar-refractivity contribution in [3.8, 4) is 0 Å². The highest BCUT2D eigenvalue weighted by Gasteiger charge is 2.38. The van der Waals surface area contributed by atoms with Crippen LogP contribution in [0.3, 0.4) is 0 Å². The summed E-state index contributed by atoms with van der Waals surface area (Å²) in [7, 11) is 0. The number of ether oxygens (including phenoxy) is 3. The van der Waals surface area contributed by atoms with Gasteiger partial charge in [-0.3, -0.25) is 4.79 Å². The first kappa shape index (κ1) is 13.8. The summed E-state index contributed by atoms with van der Waals surface area (Å²) in [6.07, 6.45) is -1.20. The Kier molecular flexibility index (Phi) is 4.01. The molecular formula is C12H20O5. The molecule has 0 saturated carbocycles. The summed E-state index contributed by atoms with van der Waals surface area (Å²) >= 11 is 0. The van der Waals surface area contributed by atoms with Gasteiger partial charge in [0.1, 0.15) is 18.3 Å². The van der Waals surface area contributed by atoms with Gasteiger partial charge in [0.05, 0.1) is 5.92 Å². The molecule has 0 aromatic rings. The molecule has 1 heterocycles. The van der Waals surface area contributed by atoms with Crippen molar-refractivity contribution in [1.82, 2.24) is 0 Å². The lowest BCUT2D eigenvalue weighted by Crippen LogP contribution is -2.43. The Morgan fingerprint density at radius 3 is 2.59 bits per heavy atom. The second-order valence-corrected chi connectivity index (χ2v) is 5.44. The van der Waals surface area contributed by atoms with Gasteiger partial charge >= 0.3 is 12.1 Å². The van der Waals surface area contributed by atoms with E-state index in [0.717, 1.165) is 0 Å². The van der Waals surface area contributed by atoms with E-state index in [-0.39, 0.29) is 18.5 Å². The average molecular weight is 244 g/mol. The van der Waals surface area contributed by atoms with Crippen molar-refractivity contribution in [2.45, 2.75) is 46.3 Å². The zero-order valence-electron chi connectivity index (χ0n) is 11.0. The number of hydrogen-bond donors (Lipinski definition) is 0. The second-order valence-electron chi connectivity index (χ2n) is 5.44. The molecule has 0 aromatic carbocycles. The third-order valence-corrected chi connectivity index (χ3v) is 2.53. The number of rotatable bonds is 2.